The molecule has 0 atom stereocenters. The fraction of sp³-hybridized carbons (Fsp3) is 0.250. The maximum atomic E-state index is 6.80. The standard InChI is InChI=1S/C32H30N2O/c1-31(2,3)25-16-15-23(26-17-27(32(4,5)6)34-18-33-26)30-28(25)24-14-13-21-20-10-8-7-9-19(20)11-12-22(21)29(24)35-30/h7-18H,1-6H3. The Balaban J connectivity index is 1.74. The Labute approximate surface area is 205 Å². The molecule has 0 bridgehead atoms. The van der Waals surface area contributed by atoms with E-state index < -0.39 is 0 Å². The van der Waals surface area contributed by atoms with E-state index in [1.807, 2.05) is 0 Å². The summed E-state index contributed by atoms with van der Waals surface area (Å²) in [6.07, 6.45) is 1.67. The zero-order valence-corrected chi connectivity index (χ0v) is 21.2. The Morgan fingerprint density at radius 3 is 2.14 bits per heavy atom. The maximum absolute atomic E-state index is 6.80. The van der Waals surface area contributed by atoms with Crippen molar-refractivity contribution >= 4 is 43.5 Å². The van der Waals surface area contributed by atoms with Gasteiger partial charge in [0, 0.05) is 32.8 Å². The molecule has 0 N–H and O–H groups in total. The molecule has 0 spiro atoms. The van der Waals surface area contributed by atoms with E-state index in [1.54, 1.807) is 6.33 Å². The quantitative estimate of drug-likeness (QED) is 0.231. The topological polar surface area (TPSA) is 38.9 Å². The van der Waals surface area contributed by atoms with E-state index in [-0.39, 0.29) is 10.8 Å². The van der Waals surface area contributed by atoms with Crippen molar-refractivity contribution in [2.45, 2.75) is 52.4 Å². The number of aromatic nitrogens is 2. The molecule has 0 unspecified atom stereocenters. The molecule has 0 aliphatic carbocycles. The first kappa shape index (κ1) is 21.8. The van der Waals surface area contributed by atoms with Crippen molar-refractivity contribution in [2.24, 2.45) is 0 Å². The summed E-state index contributed by atoms with van der Waals surface area (Å²) in [6, 6.07) is 23.9. The van der Waals surface area contributed by atoms with Gasteiger partial charge in [0.2, 0.25) is 0 Å². The van der Waals surface area contributed by atoms with Crippen molar-refractivity contribution in [2.75, 3.05) is 0 Å². The highest BCUT2D eigenvalue weighted by atomic mass is 16.3. The van der Waals surface area contributed by atoms with Crippen molar-refractivity contribution in [3.63, 3.8) is 0 Å². The lowest BCUT2D eigenvalue weighted by atomic mass is 9.83. The van der Waals surface area contributed by atoms with Gasteiger partial charge in [0.25, 0.3) is 0 Å². The molecule has 0 aliphatic rings. The Hall–Kier alpha value is -3.72. The monoisotopic (exact) mass is 458 g/mol. The maximum Gasteiger partial charge on any atom is 0.145 e. The fourth-order valence-electron chi connectivity index (χ4n) is 5.17. The minimum atomic E-state index is -0.0622. The zero-order valence-electron chi connectivity index (χ0n) is 21.2. The van der Waals surface area contributed by atoms with Gasteiger partial charge in [-0.15, -0.1) is 0 Å². The van der Waals surface area contributed by atoms with Gasteiger partial charge in [0.15, 0.2) is 0 Å². The lowest BCUT2D eigenvalue weighted by molar-refractivity contribution is 0.567. The van der Waals surface area contributed by atoms with Crippen LogP contribution in [-0.2, 0) is 10.8 Å². The van der Waals surface area contributed by atoms with Gasteiger partial charge in [-0.2, -0.15) is 0 Å². The molecule has 0 amide bonds. The van der Waals surface area contributed by atoms with Gasteiger partial charge in [0.1, 0.15) is 17.5 Å². The second-order valence-corrected chi connectivity index (χ2v) is 11.6. The van der Waals surface area contributed by atoms with Crippen LogP contribution in [0.1, 0.15) is 52.8 Å². The smallest absolute Gasteiger partial charge is 0.145 e. The molecule has 3 nitrogen and oxygen atoms in total. The number of nitrogens with zero attached hydrogens (tertiary/aromatic N) is 2. The highest BCUT2D eigenvalue weighted by Crippen LogP contribution is 2.44. The van der Waals surface area contributed by atoms with E-state index in [9.17, 15) is 0 Å². The summed E-state index contributed by atoms with van der Waals surface area (Å²) in [4.78, 5) is 9.21. The van der Waals surface area contributed by atoms with E-state index in [4.69, 9.17) is 4.42 Å². The molecule has 174 valence electrons. The predicted molar refractivity (Wildman–Crippen MR) is 147 cm³/mol. The van der Waals surface area contributed by atoms with Crippen molar-refractivity contribution in [3.8, 4) is 11.3 Å². The van der Waals surface area contributed by atoms with Crippen LogP contribution in [0.25, 0.3) is 54.7 Å². The summed E-state index contributed by atoms with van der Waals surface area (Å²) >= 11 is 0. The van der Waals surface area contributed by atoms with E-state index in [0.717, 1.165) is 38.9 Å². The molecular formula is C32H30N2O. The summed E-state index contributed by atoms with van der Waals surface area (Å²) in [5.41, 5.74) is 5.93. The molecule has 0 fully saturated rings. The Morgan fingerprint density at radius 1 is 0.629 bits per heavy atom. The van der Waals surface area contributed by atoms with E-state index in [1.165, 1.54) is 27.1 Å². The van der Waals surface area contributed by atoms with Crippen molar-refractivity contribution in [3.05, 3.63) is 84.3 Å². The third-order valence-corrected chi connectivity index (χ3v) is 7.03. The fourth-order valence-corrected chi connectivity index (χ4v) is 5.17. The summed E-state index contributed by atoms with van der Waals surface area (Å²) in [5, 5.41) is 7.17. The van der Waals surface area contributed by atoms with Crippen LogP contribution in [0.2, 0.25) is 0 Å². The van der Waals surface area contributed by atoms with Crippen molar-refractivity contribution < 1.29 is 4.42 Å². The van der Waals surface area contributed by atoms with Gasteiger partial charge < -0.3 is 4.42 Å². The minimum Gasteiger partial charge on any atom is -0.455 e. The first-order valence-corrected chi connectivity index (χ1v) is 12.3. The van der Waals surface area contributed by atoms with Gasteiger partial charge in [-0.25, -0.2) is 9.97 Å². The highest BCUT2D eigenvalue weighted by molar-refractivity contribution is 6.22. The Kier molecular flexibility index (Phi) is 4.60. The van der Waals surface area contributed by atoms with Crippen LogP contribution in [0.4, 0.5) is 0 Å². The molecule has 0 saturated carbocycles. The lowest BCUT2D eigenvalue weighted by Crippen LogP contribution is -2.14. The summed E-state index contributed by atoms with van der Waals surface area (Å²) in [5.74, 6) is 0. The molecule has 0 radical (unpaired) electrons. The average Bonchev–Trinajstić information content (AvgIpc) is 3.22. The van der Waals surface area contributed by atoms with Crippen LogP contribution in [-0.4, -0.2) is 9.97 Å². The number of rotatable bonds is 1. The second kappa shape index (κ2) is 7.39. The molecule has 35 heavy (non-hydrogen) atoms. The molecule has 2 heterocycles. The molecule has 2 aromatic heterocycles. The SMILES string of the molecule is CC(C)(C)c1cc(-c2ccc(C(C)(C)C)c3c2oc2c4ccc5ccccc5c4ccc23)ncn1. The van der Waals surface area contributed by atoms with Crippen LogP contribution in [0.5, 0.6) is 0 Å². The molecule has 0 saturated heterocycles. The average molecular weight is 459 g/mol. The van der Waals surface area contributed by atoms with Gasteiger partial charge in [-0.1, -0.05) is 84.0 Å². The Bertz CT molecular complexity index is 1760. The van der Waals surface area contributed by atoms with Crippen LogP contribution < -0.4 is 0 Å². The minimum absolute atomic E-state index is 0.0336. The summed E-state index contributed by atoms with van der Waals surface area (Å²) < 4.78 is 6.80. The number of hydrogen-bond acceptors (Lipinski definition) is 3. The predicted octanol–water partition coefficient (Wildman–Crippen LogP) is 8.94. The molecular weight excluding hydrogens is 428 g/mol. The highest BCUT2D eigenvalue weighted by Gasteiger charge is 2.25. The Morgan fingerprint density at radius 2 is 1.37 bits per heavy atom. The van der Waals surface area contributed by atoms with Crippen LogP contribution in [0, 0.1) is 0 Å². The van der Waals surface area contributed by atoms with Crippen LogP contribution >= 0.6 is 0 Å². The van der Waals surface area contributed by atoms with Crippen molar-refractivity contribution in [1.82, 2.24) is 9.97 Å². The van der Waals surface area contributed by atoms with Gasteiger partial charge in [-0.05, 0) is 51.4 Å². The third kappa shape index (κ3) is 3.41. The number of benzene rings is 4. The molecule has 6 rings (SSSR count). The van der Waals surface area contributed by atoms with Crippen LogP contribution in [0.15, 0.2) is 77.5 Å². The second-order valence-electron chi connectivity index (χ2n) is 11.6. The van der Waals surface area contributed by atoms with Crippen molar-refractivity contribution in [1.29, 1.82) is 0 Å². The normalized spacial score (nSPS) is 12.9. The summed E-state index contributed by atoms with van der Waals surface area (Å²) in [6.45, 7) is 13.3. The first-order chi connectivity index (χ1) is 16.6. The van der Waals surface area contributed by atoms with Crippen LogP contribution in [0.3, 0.4) is 0 Å². The third-order valence-electron chi connectivity index (χ3n) is 7.03. The lowest BCUT2D eigenvalue weighted by Gasteiger charge is -2.21. The van der Waals surface area contributed by atoms with Gasteiger partial charge in [0.05, 0.1) is 5.69 Å². The van der Waals surface area contributed by atoms with E-state index >= 15 is 0 Å². The largest absolute Gasteiger partial charge is 0.455 e. The zero-order chi connectivity index (χ0) is 24.5. The molecule has 3 heteroatoms. The number of furan rings is 1. The van der Waals surface area contributed by atoms with Gasteiger partial charge in [-0.3, -0.25) is 0 Å². The molecule has 0 aliphatic heterocycles. The van der Waals surface area contributed by atoms with E-state index in [2.05, 4.69) is 118 Å². The van der Waals surface area contributed by atoms with Gasteiger partial charge >= 0.3 is 0 Å². The molecule has 6 aromatic rings. The number of hydrogen-bond donors (Lipinski definition) is 0. The first-order valence-electron chi connectivity index (χ1n) is 12.3. The molecule has 4 aromatic carbocycles. The van der Waals surface area contributed by atoms with E-state index in [0.29, 0.717) is 0 Å². The number of fused-ring (bicyclic) bond motifs is 7. The summed E-state index contributed by atoms with van der Waals surface area (Å²) in [7, 11) is 0.